The minimum Gasteiger partial charge on any atom is -0.497 e. The van der Waals surface area contributed by atoms with Crippen LogP contribution in [0.25, 0.3) is 0 Å². The molecule has 0 amide bonds. The van der Waals surface area contributed by atoms with Crippen molar-refractivity contribution >= 4 is 16.6 Å². The molecule has 13 nitrogen and oxygen atoms in total. The summed E-state index contributed by atoms with van der Waals surface area (Å²) in [6.45, 7) is 20.2. The van der Waals surface area contributed by atoms with Crippen molar-refractivity contribution in [2.24, 2.45) is 0 Å². The van der Waals surface area contributed by atoms with Gasteiger partial charge in [-0.1, -0.05) is 96.1 Å². The van der Waals surface area contributed by atoms with Crippen molar-refractivity contribution in [1.29, 1.82) is 0 Å². The maximum Gasteiger partial charge on any atom is 0.330 e. The highest BCUT2D eigenvalue weighted by Gasteiger charge is 2.55. The second-order valence-corrected chi connectivity index (χ2v) is 20.8. The molecule has 0 spiro atoms. The van der Waals surface area contributed by atoms with E-state index in [1.165, 1.54) is 36.5 Å². The SMILES string of the molecule is CCN(CC)CC.COc1ccc(C(O[C@H]2[C@@H](O[Si](C)(C)C(C)(C)C)[C@H](n3ccc(=O)[nH]c3=O)O[C@@H]2CO[PH](=O)O)(c2ccccc2)c2ccc(OC)cc2)cc1. The number of rotatable bonds is 16. The number of hydrogen-bond acceptors (Lipinski definition) is 10. The smallest absolute Gasteiger partial charge is 0.330 e. The lowest BCUT2D eigenvalue weighted by atomic mass is 9.79. The van der Waals surface area contributed by atoms with Crippen LogP contribution in [0.5, 0.6) is 11.5 Å². The highest BCUT2D eigenvalue weighted by Crippen LogP contribution is 2.48. The van der Waals surface area contributed by atoms with Crippen molar-refractivity contribution in [1.82, 2.24) is 14.5 Å². The minimum absolute atomic E-state index is 0.272. The summed E-state index contributed by atoms with van der Waals surface area (Å²) in [5, 5.41) is -0.272. The zero-order valence-electron chi connectivity index (χ0n) is 34.8. The van der Waals surface area contributed by atoms with E-state index in [9.17, 15) is 19.0 Å². The standard InChI is InChI=1S/C36H45N2O10PSi.C6H15N/c1-35(2,3)50(6,7)48-32-31(29(23-45-49(41)42)46-33(32)38-22-21-30(39)37-34(38)40)47-36(24-11-9-8-10-12-24,25-13-17-27(43-4)18-14-25)26-15-19-28(44-5)20-16-26;1-4-7(5-2)6-3/h8-22,29,31-33,49H,23H2,1-7H3,(H,41,42)(H,37,39,40);4-6H2,1-3H3/t29-,31-,32-,33-;/m1./s1. The Balaban J connectivity index is 0.000000940. The number of methoxy groups -OCH3 is 2. The Bertz CT molecular complexity index is 1930. The molecule has 312 valence electrons. The Labute approximate surface area is 337 Å². The lowest BCUT2D eigenvalue weighted by Crippen LogP contribution is -2.52. The molecule has 1 aliphatic heterocycles. The molecular formula is C42H60N3O10PSi. The summed E-state index contributed by atoms with van der Waals surface area (Å²) >= 11 is 0. The molecule has 1 unspecified atom stereocenters. The number of benzene rings is 3. The number of nitrogens with one attached hydrogen (secondary N) is 1. The van der Waals surface area contributed by atoms with Crippen molar-refractivity contribution in [2.45, 2.75) is 89.8 Å². The van der Waals surface area contributed by atoms with Crippen molar-refractivity contribution in [2.75, 3.05) is 40.5 Å². The molecule has 5 atom stereocenters. The third kappa shape index (κ3) is 11.0. The van der Waals surface area contributed by atoms with Gasteiger partial charge in [-0.05, 0) is 78.7 Å². The highest BCUT2D eigenvalue weighted by molar-refractivity contribution is 7.32. The zero-order chi connectivity index (χ0) is 42.0. The van der Waals surface area contributed by atoms with Gasteiger partial charge in [-0.25, -0.2) is 4.79 Å². The zero-order valence-corrected chi connectivity index (χ0v) is 36.8. The van der Waals surface area contributed by atoms with E-state index in [0.29, 0.717) is 11.5 Å². The molecule has 4 aromatic rings. The van der Waals surface area contributed by atoms with Crippen LogP contribution in [0.15, 0.2) is 101 Å². The fraction of sp³-hybridized carbons (Fsp3) is 0.476. The molecule has 0 radical (unpaired) electrons. The van der Waals surface area contributed by atoms with Gasteiger partial charge in [0, 0.05) is 12.3 Å². The van der Waals surface area contributed by atoms with E-state index in [4.69, 9.17) is 27.9 Å². The molecule has 2 N–H and O–H groups in total. The lowest BCUT2D eigenvalue weighted by molar-refractivity contribution is -0.108. The van der Waals surface area contributed by atoms with Crippen LogP contribution in [-0.4, -0.2) is 86.4 Å². The van der Waals surface area contributed by atoms with E-state index in [1.807, 2.05) is 78.9 Å². The summed E-state index contributed by atoms with van der Waals surface area (Å²) in [6.07, 6.45) is -2.71. The van der Waals surface area contributed by atoms with Crippen molar-refractivity contribution in [3.63, 3.8) is 0 Å². The molecule has 5 rings (SSSR count). The predicted octanol–water partition coefficient (Wildman–Crippen LogP) is 6.97. The fourth-order valence-corrected chi connectivity index (χ4v) is 8.13. The van der Waals surface area contributed by atoms with Crippen molar-refractivity contribution < 1.29 is 37.4 Å². The van der Waals surface area contributed by atoms with Crippen LogP contribution in [0.2, 0.25) is 18.1 Å². The van der Waals surface area contributed by atoms with Crippen LogP contribution >= 0.6 is 8.25 Å². The van der Waals surface area contributed by atoms with Crippen LogP contribution in [0.4, 0.5) is 0 Å². The Morgan fingerprint density at radius 2 is 1.32 bits per heavy atom. The van der Waals surface area contributed by atoms with Crippen LogP contribution in [0.1, 0.15) is 64.5 Å². The first kappa shape index (κ1) is 45.8. The van der Waals surface area contributed by atoms with Gasteiger partial charge in [0.2, 0.25) is 0 Å². The number of aromatic amines is 1. The molecular weight excluding hydrogens is 766 g/mol. The maximum atomic E-state index is 13.3. The molecule has 0 aliphatic carbocycles. The molecule has 2 heterocycles. The summed E-state index contributed by atoms with van der Waals surface area (Å²) < 4.78 is 50.6. The van der Waals surface area contributed by atoms with E-state index in [1.54, 1.807) is 14.2 Å². The van der Waals surface area contributed by atoms with Gasteiger partial charge in [0.05, 0.1) is 20.8 Å². The Kier molecular flexibility index (Phi) is 16.3. The number of hydrogen-bond donors (Lipinski definition) is 2. The van der Waals surface area contributed by atoms with Gasteiger partial charge < -0.3 is 37.7 Å². The average molecular weight is 826 g/mol. The molecule has 57 heavy (non-hydrogen) atoms. The van der Waals surface area contributed by atoms with Crippen molar-refractivity contribution in [3.8, 4) is 11.5 Å². The van der Waals surface area contributed by atoms with Gasteiger partial charge in [-0.15, -0.1) is 0 Å². The Morgan fingerprint density at radius 1 is 0.807 bits per heavy atom. The molecule has 1 aliphatic rings. The third-order valence-corrected chi connectivity index (χ3v) is 15.7. The second-order valence-electron chi connectivity index (χ2n) is 15.2. The predicted molar refractivity (Wildman–Crippen MR) is 225 cm³/mol. The van der Waals surface area contributed by atoms with Crippen LogP contribution < -0.4 is 20.7 Å². The molecule has 1 fully saturated rings. The topological polar surface area (TPSA) is 151 Å². The van der Waals surface area contributed by atoms with E-state index in [0.717, 1.165) is 16.7 Å². The van der Waals surface area contributed by atoms with Crippen molar-refractivity contribution in [3.05, 3.63) is 129 Å². The van der Waals surface area contributed by atoms with Gasteiger partial charge in [0.1, 0.15) is 35.4 Å². The first-order valence-electron chi connectivity index (χ1n) is 19.3. The first-order valence-corrected chi connectivity index (χ1v) is 23.5. The number of nitrogens with zero attached hydrogens (tertiary/aromatic N) is 2. The summed E-state index contributed by atoms with van der Waals surface area (Å²) in [6, 6.07) is 25.9. The van der Waals surface area contributed by atoms with Gasteiger partial charge >= 0.3 is 13.9 Å². The van der Waals surface area contributed by atoms with Crippen LogP contribution in [-0.2, 0) is 28.6 Å². The van der Waals surface area contributed by atoms with E-state index in [2.05, 4.69) is 64.5 Å². The number of aromatic nitrogens is 2. The third-order valence-electron chi connectivity index (χ3n) is 10.8. The summed E-state index contributed by atoms with van der Waals surface area (Å²) in [5.41, 5.74) is -0.374. The maximum absolute atomic E-state index is 13.3. The summed E-state index contributed by atoms with van der Waals surface area (Å²) in [5.74, 6) is 1.29. The van der Waals surface area contributed by atoms with Gasteiger partial charge in [0.15, 0.2) is 14.5 Å². The van der Waals surface area contributed by atoms with Crippen LogP contribution in [0.3, 0.4) is 0 Å². The Hall–Kier alpha value is -3.85. The van der Waals surface area contributed by atoms with Gasteiger partial charge in [-0.3, -0.25) is 18.9 Å². The highest BCUT2D eigenvalue weighted by atomic mass is 31.1. The van der Waals surface area contributed by atoms with Gasteiger partial charge in [-0.2, -0.15) is 0 Å². The quantitative estimate of drug-likeness (QED) is 0.0686. The molecule has 1 saturated heterocycles. The van der Waals surface area contributed by atoms with E-state index >= 15 is 0 Å². The van der Waals surface area contributed by atoms with E-state index in [-0.39, 0.29) is 11.6 Å². The first-order chi connectivity index (χ1) is 27.0. The normalized spacial score (nSPS) is 19.2. The average Bonchev–Trinajstić information content (AvgIpc) is 3.51. The van der Waals surface area contributed by atoms with Crippen LogP contribution in [0, 0.1) is 0 Å². The molecule has 0 bridgehead atoms. The summed E-state index contributed by atoms with van der Waals surface area (Å²) in [7, 11) is -2.86. The molecule has 15 heteroatoms. The fourth-order valence-electron chi connectivity index (χ4n) is 6.54. The minimum atomic E-state index is -3.39. The van der Waals surface area contributed by atoms with E-state index < -0.39 is 58.0 Å². The largest absolute Gasteiger partial charge is 0.497 e. The monoisotopic (exact) mass is 825 g/mol. The lowest BCUT2D eigenvalue weighted by Gasteiger charge is -2.44. The summed E-state index contributed by atoms with van der Waals surface area (Å²) in [4.78, 5) is 39.8. The molecule has 0 saturated carbocycles. The van der Waals surface area contributed by atoms with Gasteiger partial charge in [0.25, 0.3) is 5.56 Å². The number of ether oxygens (including phenoxy) is 4. The molecule has 1 aromatic heterocycles. The number of H-pyrrole nitrogens is 1. The second kappa shape index (κ2) is 20.2. The Morgan fingerprint density at radius 3 is 1.74 bits per heavy atom. The molecule has 3 aromatic carbocycles.